The summed E-state index contributed by atoms with van der Waals surface area (Å²) < 4.78 is 34.3. The normalized spacial score (nSPS) is 33.8. The molecule has 1 heterocycles. The summed E-state index contributed by atoms with van der Waals surface area (Å²) in [6.07, 6.45) is 6.54. The fourth-order valence-corrected chi connectivity index (χ4v) is 4.46. The standard InChI is InChI=1S/C21H25F2N3O2/c1-28-20(27)14-2-3-16(18(22)10-14)13-25-6-8-26(9-7-25)19-5-4-15(12-24)17-11-21(17,19)23/h2,4-5,10,16-17,20,27H,3,6-9,11,13H2,1H3. The Bertz CT molecular complexity index is 805. The van der Waals surface area contributed by atoms with Crippen LogP contribution in [0.1, 0.15) is 12.8 Å². The largest absolute Gasteiger partial charge is 0.370 e. The van der Waals surface area contributed by atoms with Crippen molar-refractivity contribution in [2.45, 2.75) is 24.8 Å². The maximum Gasteiger partial charge on any atom is 0.180 e. The number of nitrogens with zero attached hydrogens (tertiary/aromatic N) is 3. The van der Waals surface area contributed by atoms with Crippen molar-refractivity contribution >= 4 is 0 Å². The molecule has 7 heteroatoms. The third kappa shape index (κ3) is 3.41. The second kappa shape index (κ2) is 7.43. The molecule has 150 valence electrons. The van der Waals surface area contributed by atoms with Crippen molar-refractivity contribution in [2.24, 2.45) is 11.8 Å². The van der Waals surface area contributed by atoms with Crippen LogP contribution in [0.3, 0.4) is 0 Å². The molecular weight excluding hydrogens is 364 g/mol. The van der Waals surface area contributed by atoms with Gasteiger partial charge in [-0.3, -0.25) is 4.90 Å². The Kier molecular flexibility index (Phi) is 5.13. The molecule has 0 spiro atoms. The first-order valence-electron chi connectivity index (χ1n) is 9.73. The molecule has 1 aliphatic heterocycles. The smallest absolute Gasteiger partial charge is 0.180 e. The molecule has 1 saturated heterocycles. The summed E-state index contributed by atoms with van der Waals surface area (Å²) in [5, 5.41) is 18.7. The molecule has 0 amide bonds. The van der Waals surface area contributed by atoms with Crippen molar-refractivity contribution in [2.75, 3.05) is 39.8 Å². The Morgan fingerprint density at radius 2 is 2.11 bits per heavy atom. The lowest BCUT2D eigenvalue weighted by molar-refractivity contribution is -0.0428. The zero-order chi connectivity index (χ0) is 19.9. The van der Waals surface area contributed by atoms with E-state index in [1.54, 1.807) is 12.2 Å². The van der Waals surface area contributed by atoms with Crippen LogP contribution in [-0.2, 0) is 4.74 Å². The zero-order valence-electron chi connectivity index (χ0n) is 15.9. The number of aliphatic hydroxyl groups excluding tert-OH is 1. The van der Waals surface area contributed by atoms with Gasteiger partial charge in [0.1, 0.15) is 5.83 Å². The summed E-state index contributed by atoms with van der Waals surface area (Å²) >= 11 is 0. The highest BCUT2D eigenvalue weighted by molar-refractivity contribution is 5.48. The number of alkyl halides is 1. The fourth-order valence-electron chi connectivity index (χ4n) is 4.46. The molecule has 0 aromatic carbocycles. The van der Waals surface area contributed by atoms with E-state index in [9.17, 15) is 9.50 Å². The molecular formula is C21H25F2N3O2. The van der Waals surface area contributed by atoms with Gasteiger partial charge in [0.05, 0.1) is 11.8 Å². The number of methoxy groups -OCH3 is 1. The first kappa shape index (κ1) is 19.3. The van der Waals surface area contributed by atoms with Crippen LogP contribution >= 0.6 is 0 Å². The van der Waals surface area contributed by atoms with Gasteiger partial charge in [-0.2, -0.15) is 5.26 Å². The highest BCUT2D eigenvalue weighted by atomic mass is 19.1. The summed E-state index contributed by atoms with van der Waals surface area (Å²) in [6, 6.07) is 2.10. The van der Waals surface area contributed by atoms with E-state index in [1.165, 1.54) is 13.2 Å². The molecule has 1 N–H and O–H groups in total. The molecule has 4 unspecified atom stereocenters. The quantitative estimate of drug-likeness (QED) is 0.732. The maximum absolute atomic E-state index is 15.1. The summed E-state index contributed by atoms with van der Waals surface area (Å²) in [5.41, 5.74) is 0.322. The minimum atomic E-state index is -1.37. The van der Waals surface area contributed by atoms with Gasteiger partial charge in [-0.1, -0.05) is 6.08 Å². The number of fused-ring (bicyclic) bond motifs is 1. The number of halogens is 2. The van der Waals surface area contributed by atoms with Gasteiger partial charge < -0.3 is 14.7 Å². The lowest BCUT2D eigenvalue weighted by atomic mass is 9.94. The van der Waals surface area contributed by atoms with E-state index in [0.717, 1.165) is 13.1 Å². The fraction of sp³-hybridized carbons (Fsp3) is 0.571. The lowest BCUT2D eigenvalue weighted by Crippen LogP contribution is -2.49. The van der Waals surface area contributed by atoms with Crippen LogP contribution in [0.2, 0.25) is 0 Å². The number of allylic oxidation sites excluding steroid dienone is 5. The molecule has 0 radical (unpaired) electrons. The van der Waals surface area contributed by atoms with E-state index in [2.05, 4.69) is 15.9 Å². The zero-order valence-corrected chi connectivity index (χ0v) is 15.9. The number of rotatable bonds is 5. The summed E-state index contributed by atoms with van der Waals surface area (Å²) in [5.74, 6) is -0.737. The Hall–Kier alpha value is -2.01. The van der Waals surface area contributed by atoms with Gasteiger partial charge in [0.25, 0.3) is 0 Å². The van der Waals surface area contributed by atoms with Gasteiger partial charge in [0.2, 0.25) is 0 Å². The van der Waals surface area contributed by atoms with Gasteiger partial charge in [-0.05, 0) is 31.1 Å². The third-order valence-electron chi connectivity index (χ3n) is 6.28. The predicted molar refractivity (Wildman–Crippen MR) is 100 cm³/mol. The Balaban J connectivity index is 1.32. The highest BCUT2D eigenvalue weighted by Crippen LogP contribution is 2.58. The van der Waals surface area contributed by atoms with Crippen LogP contribution in [0, 0.1) is 23.2 Å². The van der Waals surface area contributed by atoms with E-state index >= 15 is 4.39 Å². The molecule has 2 fully saturated rings. The molecule has 4 atom stereocenters. The third-order valence-corrected chi connectivity index (χ3v) is 6.28. The van der Waals surface area contributed by atoms with E-state index in [0.29, 0.717) is 49.3 Å². The minimum Gasteiger partial charge on any atom is -0.370 e. The van der Waals surface area contributed by atoms with Crippen LogP contribution in [0.4, 0.5) is 8.78 Å². The summed E-state index contributed by atoms with van der Waals surface area (Å²) in [7, 11) is 1.38. The number of ether oxygens (including phenoxy) is 1. The predicted octanol–water partition coefficient (Wildman–Crippen LogP) is 2.44. The van der Waals surface area contributed by atoms with Gasteiger partial charge in [-0.15, -0.1) is 0 Å². The van der Waals surface area contributed by atoms with Crippen molar-refractivity contribution in [1.82, 2.24) is 9.80 Å². The Morgan fingerprint density at radius 3 is 2.75 bits per heavy atom. The monoisotopic (exact) mass is 389 g/mol. The van der Waals surface area contributed by atoms with Crippen molar-refractivity contribution in [3.05, 3.63) is 47.0 Å². The van der Waals surface area contributed by atoms with Crippen LogP contribution < -0.4 is 0 Å². The molecule has 0 bridgehead atoms. The SMILES string of the molecule is COC(O)C1=CCC(CN2CCN(C3=CC=C(C#N)C4CC34F)CC2)C(F)=C1. The molecule has 3 aliphatic carbocycles. The highest BCUT2D eigenvalue weighted by Gasteiger charge is 2.62. The average Bonchev–Trinajstić information content (AvgIpc) is 3.41. The number of hydrogen-bond acceptors (Lipinski definition) is 5. The van der Waals surface area contributed by atoms with Crippen molar-refractivity contribution < 1.29 is 18.6 Å². The van der Waals surface area contributed by atoms with Gasteiger partial charge in [-0.25, -0.2) is 8.78 Å². The molecule has 4 aliphatic rings. The van der Waals surface area contributed by atoms with Crippen molar-refractivity contribution in [3.63, 3.8) is 0 Å². The van der Waals surface area contributed by atoms with Gasteiger partial charge in [0.15, 0.2) is 12.0 Å². The minimum absolute atomic E-state index is 0.227. The molecule has 5 nitrogen and oxygen atoms in total. The number of piperazine rings is 1. The van der Waals surface area contributed by atoms with Crippen LogP contribution in [-0.4, -0.2) is 66.7 Å². The van der Waals surface area contributed by atoms with E-state index < -0.39 is 12.0 Å². The first-order valence-corrected chi connectivity index (χ1v) is 9.73. The number of hydrogen-bond donors (Lipinski definition) is 1. The second-order valence-corrected chi connectivity index (χ2v) is 7.95. The maximum atomic E-state index is 15.1. The van der Waals surface area contributed by atoms with E-state index in [-0.39, 0.29) is 17.7 Å². The molecule has 0 aromatic heterocycles. The van der Waals surface area contributed by atoms with Gasteiger partial charge >= 0.3 is 0 Å². The summed E-state index contributed by atoms with van der Waals surface area (Å²) in [4.78, 5) is 4.27. The molecule has 4 rings (SSSR count). The molecule has 1 saturated carbocycles. The first-order chi connectivity index (χ1) is 13.5. The van der Waals surface area contributed by atoms with Crippen LogP contribution in [0.5, 0.6) is 0 Å². The van der Waals surface area contributed by atoms with Crippen LogP contribution in [0.25, 0.3) is 0 Å². The Labute approximate surface area is 163 Å². The summed E-state index contributed by atoms with van der Waals surface area (Å²) in [6.45, 7) is 3.48. The molecule has 28 heavy (non-hydrogen) atoms. The molecule has 0 aromatic rings. The van der Waals surface area contributed by atoms with Crippen molar-refractivity contribution in [1.29, 1.82) is 5.26 Å². The Morgan fingerprint density at radius 1 is 1.36 bits per heavy atom. The van der Waals surface area contributed by atoms with E-state index in [1.807, 2.05) is 6.08 Å². The average molecular weight is 389 g/mol. The van der Waals surface area contributed by atoms with Crippen molar-refractivity contribution in [3.8, 4) is 6.07 Å². The lowest BCUT2D eigenvalue weighted by Gasteiger charge is -2.40. The van der Waals surface area contributed by atoms with E-state index in [4.69, 9.17) is 10.00 Å². The van der Waals surface area contributed by atoms with Gasteiger partial charge in [0, 0.05) is 62.8 Å². The number of nitriles is 1. The second-order valence-electron chi connectivity index (χ2n) is 7.95. The number of aliphatic hydroxyl groups is 1. The van der Waals surface area contributed by atoms with Crippen LogP contribution in [0.15, 0.2) is 47.0 Å². The topological polar surface area (TPSA) is 59.7 Å².